The third-order valence-electron chi connectivity index (χ3n) is 6.53. The fraction of sp³-hybridized carbons (Fsp3) is 0.609. The van der Waals surface area contributed by atoms with Crippen LogP contribution in [0.15, 0.2) is 27.6 Å². The van der Waals surface area contributed by atoms with Gasteiger partial charge in [0.05, 0.1) is 11.8 Å². The standard InChI is InChI=1S/C23H33N5O3/c1-16-7-4-8-17(2)26(16)12-6-11-24-22(29)9-5-13-27-23(30)20-15-21-19(10-14-31-21)28(20)18(3)25-27/h10,14-17H,4-9,11-13H2,1-3H3,(H,24,29). The monoisotopic (exact) mass is 427 g/mol. The lowest BCUT2D eigenvalue weighted by Gasteiger charge is -2.39. The SMILES string of the molecule is Cc1nn(CCCC(=O)NCCCN2C(C)CCCC2C)c(=O)c2cc3occc3n12. The number of carbonyl (C=O) groups excluding carboxylic acids is 1. The van der Waals surface area contributed by atoms with Crippen LogP contribution in [0.25, 0.3) is 16.6 Å². The van der Waals surface area contributed by atoms with E-state index in [9.17, 15) is 9.59 Å². The molecule has 31 heavy (non-hydrogen) atoms. The van der Waals surface area contributed by atoms with E-state index in [2.05, 4.69) is 29.2 Å². The number of hydrogen-bond donors (Lipinski definition) is 1. The number of nitrogens with one attached hydrogen (secondary N) is 1. The van der Waals surface area contributed by atoms with Crippen molar-refractivity contribution in [3.05, 3.63) is 34.6 Å². The van der Waals surface area contributed by atoms with Crippen molar-refractivity contribution in [3.8, 4) is 0 Å². The Hall–Kier alpha value is -2.61. The number of amides is 1. The number of piperidine rings is 1. The minimum atomic E-state index is -0.165. The fourth-order valence-electron chi connectivity index (χ4n) is 4.86. The zero-order chi connectivity index (χ0) is 22.0. The van der Waals surface area contributed by atoms with E-state index in [0.29, 0.717) is 49.1 Å². The van der Waals surface area contributed by atoms with Crippen LogP contribution >= 0.6 is 0 Å². The molecule has 0 aromatic carbocycles. The Balaban J connectivity index is 1.24. The number of aryl methyl sites for hydroxylation is 2. The first-order chi connectivity index (χ1) is 15.0. The van der Waals surface area contributed by atoms with E-state index < -0.39 is 0 Å². The first-order valence-electron chi connectivity index (χ1n) is 11.4. The van der Waals surface area contributed by atoms with Gasteiger partial charge in [0, 0.05) is 50.3 Å². The molecule has 8 heteroatoms. The summed E-state index contributed by atoms with van der Waals surface area (Å²) in [5.74, 6) is 0.752. The molecular weight excluding hydrogens is 394 g/mol. The largest absolute Gasteiger partial charge is 0.463 e. The first-order valence-corrected chi connectivity index (χ1v) is 11.4. The van der Waals surface area contributed by atoms with Gasteiger partial charge in [0.2, 0.25) is 5.91 Å². The second kappa shape index (κ2) is 9.26. The van der Waals surface area contributed by atoms with Crippen molar-refractivity contribution < 1.29 is 9.21 Å². The Morgan fingerprint density at radius 2 is 1.97 bits per heavy atom. The number of nitrogens with zero attached hydrogens (tertiary/aromatic N) is 4. The normalized spacial score (nSPS) is 20.0. The lowest BCUT2D eigenvalue weighted by Crippen LogP contribution is -2.44. The van der Waals surface area contributed by atoms with Crippen molar-refractivity contribution in [3.63, 3.8) is 0 Å². The summed E-state index contributed by atoms with van der Waals surface area (Å²) in [5, 5.41) is 7.45. The average molecular weight is 428 g/mol. The molecule has 0 saturated carbocycles. The Bertz CT molecular complexity index is 1100. The van der Waals surface area contributed by atoms with E-state index in [4.69, 9.17) is 4.42 Å². The van der Waals surface area contributed by atoms with Crippen molar-refractivity contribution in [2.24, 2.45) is 0 Å². The molecule has 0 bridgehead atoms. The molecule has 0 radical (unpaired) electrons. The molecule has 0 spiro atoms. The van der Waals surface area contributed by atoms with E-state index in [0.717, 1.165) is 24.3 Å². The van der Waals surface area contributed by atoms with Gasteiger partial charge >= 0.3 is 0 Å². The number of hydrogen-bond acceptors (Lipinski definition) is 5. The van der Waals surface area contributed by atoms with Gasteiger partial charge in [0.1, 0.15) is 11.3 Å². The van der Waals surface area contributed by atoms with Gasteiger partial charge in [-0.1, -0.05) is 6.42 Å². The molecule has 8 nitrogen and oxygen atoms in total. The minimum absolute atomic E-state index is 0.0331. The smallest absolute Gasteiger partial charge is 0.291 e. The highest BCUT2D eigenvalue weighted by atomic mass is 16.3. The lowest BCUT2D eigenvalue weighted by atomic mass is 9.97. The van der Waals surface area contributed by atoms with Crippen LogP contribution < -0.4 is 10.9 Å². The molecule has 3 aromatic rings. The molecule has 1 saturated heterocycles. The molecule has 4 heterocycles. The van der Waals surface area contributed by atoms with Crippen LogP contribution in [0.2, 0.25) is 0 Å². The molecule has 1 amide bonds. The number of fused-ring (bicyclic) bond motifs is 3. The number of furan rings is 1. The quantitative estimate of drug-likeness (QED) is 0.559. The molecule has 1 aliphatic rings. The molecule has 1 aliphatic heterocycles. The third kappa shape index (κ3) is 4.54. The van der Waals surface area contributed by atoms with Crippen LogP contribution in [0.3, 0.4) is 0 Å². The predicted octanol–water partition coefficient (Wildman–Crippen LogP) is 3.10. The summed E-state index contributed by atoms with van der Waals surface area (Å²) < 4.78 is 8.68. The van der Waals surface area contributed by atoms with Crippen molar-refractivity contribution in [2.45, 2.75) is 77.9 Å². The predicted molar refractivity (Wildman–Crippen MR) is 120 cm³/mol. The Labute approximate surface area is 182 Å². The van der Waals surface area contributed by atoms with E-state index in [1.807, 2.05) is 17.4 Å². The van der Waals surface area contributed by atoms with Gasteiger partial charge in [-0.3, -0.25) is 18.9 Å². The summed E-state index contributed by atoms with van der Waals surface area (Å²) in [7, 11) is 0. The van der Waals surface area contributed by atoms with E-state index in [-0.39, 0.29) is 11.5 Å². The second-order valence-corrected chi connectivity index (χ2v) is 8.78. The zero-order valence-electron chi connectivity index (χ0n) is 18.8. The summed E-state index contributed by atoms with van der Waals surface area (Å²) >= 11 is 0. The van der Waals surface area contributed by atoms with Gasteiger partial charge in [-0.05, 0) is 46.5 Å². The Morgan fingerprint density at radius 3 is 2.74 bits per heavy atom. The zero-order valence-corrected chi connectivity index (χ0v) is 18.8. The molecular formula is C23H33N5O3. The van der Waals surface area contributed by atoms with Gasteiger partial charge in [0.25, 0.3) is 5.56 Å². The number of rotatable bonds is 8. The van der Waals surface area contributed by atoms with Gasteiger partial charge < -0.3 is 9.73 Å². The Morgan fingerprint density at radius 1 is 1.19 bits per heavy atom. The average Bonchev–Trinajstić information content (AvgIpc) is 3.32. The summed E-state index contributed by atoms with van der Waals surface area (Å²) in [6.45, 7) is 8.61. The van der Waals surface area contributed by atoms with Crippen LogP contribution in [0.5, 0.6) is 0 Å². The first kappa shape index (κ1) is 21.6. The van der Waals surface area contributed by atoms with Crippen molar-refractivity contribution >= 4 is 22.5 Å². The fourth-order valence-corrected chi connectivity index (χ4v) is 4.86. The van der Waals surface area contributed by atoms with Crippen LogP contribution in [-0.4, -0.2) is 50.2 Å². The van der Waals surface area contributed by atoms with Crippen LogP contribution in [0, 0.1) is 6.92 Å². The highest BCUT2D eigenvalue weighted by Gasteiger charge is 2.23. The van der Waals surface area contributed by atoms with Gasteiger partial charge in [-0.25, -0.2) is 4.68 Å². The van der Waals surface area contributed by atoms with E-state index >= 15 is 0 Å². The number of aromatic nitrogens is 3. The highest BCUT2D eigenvalue weighted by Crippen LogP contribution is 2.22. The third-order valence-corrected chi connectivity index (χ3v) is 6.53. The molecule has 4 rings (SSSR count). The molecule has 2 unspecified atom stereocenters. The summed E-state index contributed by atoms with van der Waals surface area (Å²) in [4.78, 5) is 27.5. The van der Waals surface area contributed by atoms with Crippen molar-refractivity contribution in [1.29, 1.82) is 0 Å². The van der Waals surface area contributed by atoms with Crippen LogP contribution in [-0.2, 0) is 11.3 Å². The maximum atomic E-state index is 12.8. The summed E-state index contributed by atoms with van der Waals surface area (Å²) in [5.41, 5.74) is 1.90. The summed E-state index contributed by atoms with van der Waals surface area (Å²) in [6, 6.07) is 4.85. The van der Waals surface area contributed by atoms with Gasteiger partial charge in [-0.2, -0.15) is 5.10 Å². The van der Waals surface area contributed by atoms with E-state index in [1.54, 1.807) is 12.3 Å². The molecule has 1 N–H and O–H groups in total. The molecule has 2 atom stereocenters. The molecule has 3 aromatic heterocycles. The van der Waals surface area contributed by atoms with Crippen molar-refractivity contribution in [2.75, 3.05) is 13.1 Å². The minimum Gasteiger partial charge on any atom is -0.463 e. The van der Waals surface area contributed by atoms with Gasteiger partial charge in [0.15, 0.2) is 5.58 Å². The number of carbonyl (C=O) groups is 1. The maximum Gasteiger partial charge on any atom is 0.291 e. The summed E-state index contributed by atoms with van der Waals surface area (Å²) in [6.07, 6.45) is 7.39. The topological polar surface area (TPSA) is 84.8 Å². The second-order valence-electron chi connectivity index (χ2n) is 8.78. The van der Waals surface area contributed by atoms with Gasteiger partial charge in [-0.15, -0.1) is 0 Å². The molecule has 1 fully saturated rings. The van der Waals surface area contributed by atoms with Crippen LogP contribution in [0.4, 0.5) is 0 Å². The van der Waals surface area contributed by atoms with Crippen molar-refractivity contribution in [1.82, 2.24) is 24.4 Å². The lowest BCUT2D eigenvalue weighted by molar-refractivity contribution is -0.121. The Kier molecular flexibility index (Phi) is 6.46. The molecule has 0 aliphatic carbocycles. The van der Waals surface area contributed by atoms with Crippen LogP contribution in [0.1, 0.15) is 58.2 Å². The molecule has 168 valence electrons. The van der Waals surface area contributed by atoms with E-state index in [1.165, 1.54) is 23.9 Å². The highest BCUT2D eigenvalue weighted by molar-refractivity contribution is 5.82. The maximum absolute atomic E-state index is 12.8. The number of likely N-dealkylation sites (tertiary alicyclic amines) is 1.